The Bertz CT molecular complexity index is 432. The van der Waals surface area contributed by atoms with Gasteiger partial charge in [-0.2, -0.15) is 0 Å². The average Bonchev–Trinajstić information content (AvgIpc) is 2.89. The number of amides is 1. The van der Waals surface area contributed by atoms with Crippen molar-refractivity contribution in [1.29, 1.82) is 0 Å². The van der Waals surface area contributed by atoms with Gasteiger partial charge in [-0.1, -0.05) is 6.92 Å². The van der Waals surface area contributed by atoms with Gasteiger partial charge in [0.1, 0.15) is 4.60 Å². The number of likely N-dealkylation sites (tertiary alicyclic amines) is 1. The van der Waals surface area contributed by atoms with E-state index < -0.39 is 0 Å². The molecule has 2 heterocycles. The summed E-state index contributed by atoms with van der Waals surface area (Å²) in [6, 6.07) is 3.55. The first-order chi connectivity index (χ1) is 9.16. The highest BCUT2D eigenvalue weighted by atomic mass is 79.9. The maximum absolute atomic E-state index is 12.0. The molecule has 5 heteroatoms. The third-order valence-electron chi connectivity index (χ3n) is 3.38. The number of nitrogens with one attached hydrogen (secondary N) is 1. The molecule has 1 aliphatic heterocycles. The predicted molar refractivity (Wildman–Crippen MR) is 79.1 cm³/mol. The number of nitrogens with zero attached hydrogens (tertiary/aromatic N) is 2. The fraction of sp³-hybridized carbons (Fsp3) is 0.571. The Hall–Kier alpha value is -0.940. The Kier molecular flexibility index (Phi) is 5.34. The lowest BCUT2D eigenvalue weighted by Gasteiger charge is -2.20. The van der Waals surface area contributed by atoms with Crippen molar-refractivity contribution in [1.82, 2.24) is 15.2 Å². The van der Waals surface area contributed by atoms with Crippen molar-refractivity contribution >= 4 is 21.8 Å². The van der Waals surface area contributed by atoms with Gasteiger partial charge in [0, 0.05) is 19.3 Å². The Morgan fingerprint density at radius 2 is 2.26 bits per heavy atom. The van der Waals surface area contributed by atoms with Gasteiger partial charge in [0.05, 0.1) is 5.56 Å². The lowest BCUT2D eigenvalue weighted by atomic mass is 10.1. The molecule has 1 N–H and O–H groups in total. The summed E-state index contributed by atoms with van der Waals surface area (Å²) in [5, 5.41) is 2.98. The van der Waals surface area contributed by atoms with E-state index >= 15 is 0 Å². The van der Waals surface area contributed by atoms with E-state index in [2.05, 4.69) is 38.1 Å². The largest absolute Gasteiger partial charge is 0.352 e. The molecule has 0 spiro atoms. The smallest absolute Gasteiger partial charge is 0.254 e. The number of carbonyl (C=O) groups is 1. The minimum atomic E-state index is -0.0618. The molecule has 1 aromatic rings. The Morgan fingerprint density at radius 1 is 1.53 bits per heavy atom. The molecule has 1 atom stereocenters. The van der Waals surface area contributed by atoms with E-state index in [4.69, 9.17) is 0 Å². The third kappa shape index (κ3) is 4.28. The molecule has 0 aliphatic carbocycles. The molecular formula is C14H20BrN3O. The van der Waals surface area contributed by atoms with Gasteiger partial charge in [0.25, 0.3) is 5.91 Å². The molecule has 1 fully saturated rings. The molecule has 1 saturated heterocycles. The standard InChI is InChI=1S/C14H20BrN3O/c1-11(10-18-7-2-3-8-18)9-17-14(19)12-5-4-6-16-13(12)15/h4-6,11H,2-3,7-10H2,1H3,(H,17,19). The second-order valence-corrected chi connectivity index (χ2v) is 5.92. The van der Waals surface area contributed by atoms with Crippen molar-refractivity contribution in [2.75, 3.05) is 26.2 Å². The van der Waals surface area contributed by atoms with Crippen LogP contribution in [0.15, 0.2) is 22.9 Å². The van der Waals surface area contributed by atoms with Gasteiger partial charge in [-0.25, -0.2) is 4.98 Å². The summed E-state index contributed by atoms with van der Waals surface area (Å²) in [4.78, 5) is 18.5. The van der Waals surface area contributed by atoms with Crippen LogP contribution in [0.5, 0.6) is 0 Å². The topological polar surface area (TPSA) is 45.2 Å². The van der Waals surface area contributed by atoms with E-state index in [1.54, 1.807) is 18.3 Å². The summed E-state index contributed by atoms with van der Waals surface area (Å²) in [6.45, 7) is 6.35. The van der Waals surface area contributed by atoms with Crippen molar-refractivity contribution < 1.29 is 4.79 Å². The van der Waals surface area contributed by atoms with E-state index in [0.29, 0.717) is 22.6 Å². The molecule has 4 nitrogen and oxygen atoms in total. The highest BCUT2D eigenvalue weighted by molar-refractivity contribution is 9.10. The number of rotatable bonds is 5. The maximum Gasteiger partial charge on any atom is 0.254 e. The number of hydrogen-bond acceptors (Lipinski definition) is 3. The zero-order valence-corrected chi connectivity index (χ0v) is 12.8. The van der Waals surface area contributed by atoms with Crippen LogP contribution in [0.1, 0.15) is 30.1 Å². The first-order valence-electron chi connectivity index (χ1n) is 6.78. The fourth-order valence-electron chi connectivity index (χ4n) is 2.39. The van der Waals surface area contributed by atoms with Crippen LogP contribution >= 0.6 is 15.9 Å². The monoisotopic (exact) mass is 325 g/mol. The van der Waals surface area contributed by atoms with Crippen molar-refractivity contribution in [3.63, 3.8) is 0 Å². The predicted octanol–water partition coefficient (Wildman–Crippen LogP) is 2.31. The molecule has 104 valence electrons. The van der Waals surface area contributed by atoms with Gasteiger partial charge >= 0.3 is 0 Å². The number of carbonyl (C=O) groups excluding carboxylic acids is 1. The maximum atomic E-state index is 12.0. The van der Waals surface area contributed by atoms with Gasteiger partial charge in [-0.15, -0.1) is 0 Å². The Morgan fingerprint density at radius 3 is 2.95 bits per heavy atom. The van der Waals surface area contributed by atoms with Gasteiger partial charge in [0.15, 0.2) is 0 Å². The van der Waals surface area contributed by atoms with Crippen LogP contribution in [0, 0.1) is 5.92 Å². The van der Waals surface area contributed by atoms with Crippen LogP contribution in [0.4, 0.5) is 0 Å². The molecule has 1 amide bonds. The van der Waals surface area contributed by atoms with E-state index in [-0.39, 0.29) is 5.91 Å². The summed E-state index contributed by atoms with van der Waals surface area (Å²) in [5.74, 6) is 0.408. The quantitative estimate of drug-likeness (QED) is 0.845. The summed E-state index contributed by atoms with van der Waals surface area (Å²) in [7, 11) is 0. The molecule has 1 aromatic heterocycles. The first kappa shape index (κ1) is 14.5. The van der Waals surface area contributed by atoms with Gasteiger partial charge in [-0.3, -0.25) is 4.79 Å². The number of pyridine rings is 1. The van der Waals surface area contributed by atoms with Crippen molar-refractivity contribution in [3.8, 4) is 0 Å². The summed E-state index contributed by atoms with van der Waals surface area (Å²) < 4.78 is 0.597. The number of aromatic nitrogens is 1. The molecule has 1 aliphatic rings. The number of hydrogen-bond donors (Lipinski definition) is 1. The van der Waals surface area contributed by atoms with Crippen LogP contribution in [0.25, 0.3) is 0 Å². The highest BCUT2D eigenvalue weighted by Gasteiger charge is 2.16. The molecule has 0 radical (unpaired) electrons. The summed E-state index contributed by atoms with van der Waals surface area (Å²) in [5.41, 5.74) is 0.593. The molecule has 0 bridgehead atoms. The van der Waals surface area contributed by atoms with Gasteiger partial charge in [0.2, 0.25) is 0 Å². The van der Waals surface area contributed by atoms with E-state index in [0.717, 1.165) is 6.54 Å². The van der Waals surface area contributed by atoms with Crippen LogP contribution in [0.2, 0.25) is 0 Å². The highest BCUT2D eigenvalue weighted by Crippen LogP contribution is 2.13. The normalized spacial score (nSPS) is 17.4. The molecule has 0 saturated carbocycles. The summed E-state index contributed by atoms with van der Waals surface area (Å²) >= 11 is 3.29. The summed E-state index contributed by atoms with van der Waals surface area (Å²) in [6.07, 6.45) is 4.28. The minimum Gasteiger partial charge on any atom is -0.352 e. The number of halogens is 1. The molecule has 1 unspecified atom stereocenters. The lowest BCUT2D eigenvalue weighted by molar-refractivity contribution is 0.0944. The SMILES string of the molecule is CC(CNC(=O)c1cccnc1Br)CN1CCCC1. The molecule has 19 heavy (non-hydrogen) atoms. The van der Waals surface area contributed by atoms with Crippen molar-refractivity contribution in [2.45, 2.75) is 19.8 Å². The second kappa shape index (κ2) is 7.01. The van der Waals surface area contributed by atoms with Crippen molar-refractivity contribution in [3.05, 3.63) is 28.5 Å². The van der Waals surface area contributed by atoms with E-state index in [1.807, 2.05) is 0 Å². The Balaban J connectivity index is 1.78. The lowest BCUT2D eigenvalue weighted by Crippen LogP contribution is -2.34. The molecular weight excluding hydrogens is 306 g/mol. The van der Waals surface area contributed by atoms with Crippen molar-refractivity contribution in [2.24, 2.45) is 5.92 Å². The third-order valence-corrected chi connectivity index (χ3v) is 4.02. The van der Waals surface area contributed by atoms with Gasteiger partial charge < -0.3 is 10.2 Å². The van der Waals surface area contributed by atoms with E-state index in [9.17, 15) is 4.79 Å². The van der Waals surface area contributed by atoms with E-state index in [1.165, 1.54) is 25.9 Å². The first-order valence-corrected chi connectivity index (χ1v) is 7.57. The Labute approximate surface area is 122 Å². The fourth-order valence-corrected chi connectivity index (χ4v) is 2.82. The minimum absolute atomic E-state index is 0.0618. The van der Waals surface area contributed by atoms with Crippen LogP contribution in [0.3, 0.4) is 0 Å². The second-order valence-electron chi connectivity index (χ2n) is 5.16. The molecule has 2 rings (SSSR count). The zero-order valence-electron chi connectivity index (χ0n) is 11.2. The zero-order chi connectivity index (χ0) is 13.7. The van der Waals surface area contributed by atoms with Crippen LogP contribution in [-0.4, -0.2) is 42.0 Å². The average molecular weight is 326 g/mol. The van der Waals surface area contributed by atoms with Crippen LogP contribution < -0.4 is 5.32 Å². The van der Waals surface area contributed by atoms with Crippen LogP contribution in [-0.2, 0) is 0 Å². The van der Waals surface area contributed by atoms with Gasteiger partial charge in [-0.05, 0) is 59.9 Å². The molecule has 0 aromatic carbocycles.